The van der Waals surface area contributed by atoms with E-state index < -0.39 is 0 Å². The van der Waals surface area contributed by atoms with Gasteiger partial charge in [0.15, 0.2) is 0 Å². The van der Waals surface area contributed by atoms with E-state index in [1.807, 2.05) is 6.92 Å². The van der Waals surface area contributed by atoms with Crippen LogP contribution in [0.15, 0.2) is 30.3 Å². The zero-order chi connectivity index (χ0) is 16.1. The van der Waals surface area contributed by atoms with Crippen molar-refractivity contribution in [2.45, 2.75) is 45.8 Å². The molecule has 0 aliphatic carbocycles. The van der Waals surface area contributed by atoms with Crippen LogP contribution in [0.5, 0.6) is 0 Å². The van der Waals surface area contributed by atoms with E-state index in [0.29, 0.717) is 6.04 Å². The fourth-order valence-electron chi connectivity index (χ4n) is 2.68. The smallest absolute Gasteiger partial charge is 0.331 e. The minimum atomic E-state index is -0.315. The second kappa shape index (κ2) is 7.54. The summed E-state index contributed by atoms with van der Waals surface area (Å²) in [4.78, 5) is 14.4. The molecule has 0 aromatic heterocycles. The van der Waals surface area contributed by atoms with Gasteiger partial charge in [-0.15, -0.1) is 0 Å². The lowest BCUT2D eigenvalue weighted by atomic mass is 10.1. The van der Waals surface area contributed by atoms with Crippen molar-refractivity contribution in [3.8, 4) is 0 Å². The summed E-state index contributed by atoms with van der Waals surface area (Å²) in [7, 11) is 0. The summed E-state index contributed by atoms with van der Waals surface area (Å²) in [6.45, 7) is 8.13. The van der Waals surface area contributed by atoms with Gasteiger partial charge in [0.1, 0.15) is 11.9 Å². The number of likely N-dealkylation sites (tertiary alicyclic amines) is 1. The van der Waals surface area contributed by atoms with Gasteiger partial charge in [-0.2, -0.15) is 0 Å². The Balaban J connectivity index is 1.87. The SMILES string of the molecule is CC(=CC(=O)OC1CCN(C(C)C)CC1)c1ccc(F)cc1. The molecule has 0 unspecified atom stereocenters. The van der Waals surface area contributed by atoms with Gasteiger partial charge in [0.25, 0.3) is 0 Å². The Kier molecular flexibility index (Phi) is 5.72. The first-order chi connectivity index (χ1) is 10.5. The normalized spacial score (nSPS) is 17.8. The van der Waals surface area contributed by atoms with Gasteiger partial charge in [0.2, 0.25) is 0 Å². The average molecular weight is 305 g/mol. The van der Waals surface area contributed by atoms with Crippen molar-refractivity contribution in [2.75, 3.05) is 13.1 Å². The third-order valence-electron chi connectivity index (χ3n) is 4.12. The summed E-state index contributed by atoms with van der Waals surface area (Å²) >= 11 is 0. The van der Waals surface area contributed by atoms with E-state index in [1.54, 1.807) is 12.1 Å². The molecule has 0 N–H and O–H groups in total. The number of allylic oxidation sites excluding steroid dienone is 1. The number of ether oxygens (including phenoxy) is 1. The number of carbonyl (C=O) groups is 1. The zero-order valence-corrected chi connectivity index (χ0v) is 13.5. The number of rotatable bonds is 4. The number of nitrogens with zero attached hydrogens (tertiary/aromatic N) is 1. The Morgan fingerprint density at radius 3 is 2.41 bits per heavy atom. The van der Waals surface area contributed by atoms with Crippen LogP contribution in [0.3, 0.4) is 0 Å². The van der Waals surface area contributed by atoms with Crippen LogP contribution < -0.4 is 0 Å². The fraction of sp³-hybridized carbons (Fsp3) is 0.500. The third kappa shape index (κ3) is 4.67. The van der Waals surface area contributed by atoms with Crippen molar-refractivity contribution in [2.24, 2.45) is 0 Å². The molecule has 4 heteroatoms. The monoisotopic (exact) mass is 305 g/mol. The maximum absolute atomic E-state index is 12.9. The second-order valence-electron chi connectivity index (χ2n) is 6.10. The molecule has 0 amide bonds. The van der Waals surface area contributed by atoms with Gasteiger partial charge in [-0.3, -0.25) is 0 Å². The van der Waals surface area contributed by atoms with Crippen LogP contribution in [0, 0.1) is 5.82 Å². The maximum Gasteiger partial charge on any atom is 0.331 e. The molecule has 22 heavy (non-hydrogen) atoms. The molecule has 120 valence electrons. The van der Waals surface area contributed by atoms with Crippen molar-refractivity contribution in [3.63, 3.8) is 0 Å². The van der Waals surface area contributed by atoms with Crippen molar-refractivity contribution >= 4 is 11.5 Å². The Morgan fingerprint density at radius 1 is 1.27 bits per heavy atom. The molecule has 0 atom stereocenters. The van der Waals surface area contributed by atoms with Gasteiger partial charge in [-0.05, 0) is 56.9 Å². The molecule has 1 heterocycles. The highest BCUT2D eigenvalue weighted by Crippen LogP contribution is 2.18. The van der Waals surface area contributed by atoms with Crippen molar-refractivity contribution in [1.29, 1.82) is 0 Å². The van der Waals surface area contributed by atoms with Crippen molar-refractivity contribution in [1.82, 2.24) is 4.90 Å². The van der Waals surface area contributed by atoms with Gasteiger partial charge in [0, 0.05) is 25.2 Å². The first-order valence-electron chi connectivity index (χ1n) is 7.84. The highest BCUT2D eigenvalue weighted by Gasteiger charge is 2.23. The summed E-state index contributed by atoms with van der Waals surface area (Å²) in [5, 5.41) is 0. The quantitative estimate of drug-likeness (QED) is 0.628. The predicted octanol–water partition coefficient (Wildman–Crippen LogP) is 3.65. The Hall–Kier alpha value is -1.68. The first kappa shape index (κ1) is 16.7. The van der Waals surface area contributed by atoms with E-state index in [1.165, 1.54) is 18.2 Å². The summed E-state index contributed by atoms with van der Waals surface area (Å²) in [5.41, 5.74) is 1.61. The number of halogens is 1. The molecule has 1 aliphatic rings. The highest BCUT2D eigenvalue weighted by atomic mass is 19.1. The molecule has 2 rings (SSSR count). The lowest BCUT2D eigenvalue weighted by molar-refractivity contribution is -0.145. The number of carbonyl (C=O) groups excluding carboxylic acids is 1. The first-order valence-corrected chi connectivity index (χ1v) is 7.84. The molecule has 0 bridgehead atoms. The molecule has 1 aromatic rings. The molecule has 1 fully saturated rings. The highest BCUT2D eigenvalue weighted by molar-refractivity contribution is 5.90. The van der Waals surface area contributed by atoms with E-state index in [2.05, 4.69) is 18.7 Å². The summed E-state index contributed by atoms with van der Waals surface area (Å²) in [5.74, 6) is -0.596. The molecule has 1 aromatic carbocycles. The van der Waals surface area contributed by atoms with Gasteiger partial charge < -0.3 is 9.64 Å². The number of piperidine rings is 1. The maximum atomic E-state index is 12.9. The van der Waals surface area contributed by atoms with Crippen molar-refractivity contribution in [3.05, 3.63) is 41.7 Å². The van der Waals surface area contributed by atoms with Crippen LogP contribution in [0.4, 0.5) is 4.39 Å². The molecule has 3 nitrogen and oxygen atoms in total. The third-order valence-corrected chi connectivity index (χ3v) is 4.12. The van der Waals surface area contributed by atoms with Gasteiger partial charge >= 0.3 is 5.97 Å². The Morgan fingerprint density at radius 2 is 1.86 bits per heavy atom. The van der Waals surface area contributed by atoms with Crippen LogP contribution >= 0.6 is 0 Å². The predicted molar refractivity (Wildman–Crippen MR) is 85.9 cm³/mol. The summed E-state index contributed by atoms with van der Waals surface area (Å²) in [6, 6.07) is 6.64. The standard InChI is InChI=1S/C18H24FNO2/c1-13(2)20-10-8-17(9-11-20)22-18(21)12-14(3)15-4-6-16(19)7-5-15/h4-7,12-13,17H,8-11H2,1-3H3. The van der Waals surface area contributed by atoms with Crippen LogP contribution in [-0.4, -0.2) is 36.1 Å². The average Bonchev–Trinajstić information content (AvgIpc) is 2.48. The van der Waals surface area contributed by atoms with E-state index in [4.69, 9.17) is 4.74 Å². The largest absolute Gasteiger partial charge is 0.459 e. The lowest BCUT2D eigenvalue weighted by Crippen LogP contribution is -2.41. The summed E-state index contributed by atoms with van der Waals surface area (Å²) < 4.78 is 18.4. The van der Waals surface area contributed by atoms with E-state index in [9.17, 15) is 9.18 Å². The van der Waals surface area contributed by atoms with Crippen molar-refractivity contribution < 1.29 is 13.9 Å². The van der Waals surface area contributed by atoms with Crippen LogP contribution in [0.25, 0.3) is 5.57 Å². The van der Waals surface area contributed by atoms with Gasteiger partial charge in [0.05, 0.1) is 0 Å². The molecule has 0 saturated carbocycles. The number of benzene rings is 1. The summed E-state index contributed by atoms with van der Waals surface area (Å²) in [6.07, 6.45) is 3.25. The number of esters is 1. The van der Waals surface area contributed by atoms with Gasteiger partial charge in [-0.1, -0.05) is 12.1 Å². The van der Waals surface area contributed by atoms with E-state index in [0.717, 1.165) is 37.1 Å². The number of hydrogen-bond donors (Lipinski definition) is 0. The molecule has 1 saturated heterocycles. The Labute approximate surface area is 131 Å². The minimum absolute atomic E-state index is 0.000215. The Bertz CT molecular complexity index is 529. The van der Waals surface area contributed by atoms with E-state index in [-0.39, 0.29) is 17.9 Å². The second-order valence-corrected chi connectivity index (χ2v) is 6.10. The fourth-order valence-corrected chi connectivity index (χ4v) is 2.68. The van der Waals surface area contributed by atoms with Crippen LogP contribution in [0.1, 0.15) is 39.2 Å². The zero-order valence-electron chi connectivity index (χ0n) is 13.5. The molecular weight excluding hydrogens is 281 g/mol. The number of hydrogen-bond acceptors (Lipinski definition) is 3. The lowest BCUT2D eigenvalue weighted by Gasteiger charge is -2.34. The molecular formula is C18H24FNO2. The topological polar surface area (TPSA) is 29.5 Å². The minimum Gasteiger partial charge on any atom is -0.459 e. The molecule has 0 radical (unpaired) electrons. The van der Waals surface area contributed by atoms with E-state index >= 15 is 0 Å². The van der Waals surface area contributed by atoms with Crippen LogP contribution in [-0.2, 0) is 9.53 Å². The molecule has 1 aliphatic heterocycles. The molecule has 0 spiro atoms. The van der Waals surface area contributed by atoms with Crippen LogP contribution in [0.2, 0.25) is 0 Å². The van der Waals surface area contributed by atoms with Gasteiger partial charge in [-0.25, -0.2) is 9.18 Å².